The van der Waals surface area contributed by atoms with Crippen LogP contribution in [0, 0.1) is 0 Å². The Labute approximate surface area is 129 Å². The molecule has 0 bridgehead atoms. The predicted octanol–water partition coefficient (Wildman–Crippen LogP) is 2.20. The van der Waals surface area contributed by atoms with Crippen LogP contribution in [0.25, 0.3) is 0 Å². The van der Waals surface area contributed by atoms with Crippen molar-refractivity contribution in [3.05, 3.63) is 11.6 Å². The normalized spacial score (nSPS) is 27.9. The second-order valence-corrected chi connectivity index (χ2v) is 7.39. The molecule has 122 valence electrons. The van der Waals surface area contributed by atoms with Gasteiger partial charge in [-0.2, -0.15) is 0 Å². The summed E-state index contributed by atoms with van der Waals surface area (Å²) in [5, 5.41) is 3.55. The van der Waals surface area contributed by atoms with E-state index in [1.54, 1.807) is 7.11 Å². The van der Waals surface area contributed by atoms with Crippen molar-refractivity contribution < 1.29 is 9.47 Å². The molecule has 0 spiro atoms. The van der Waals surface area contributed by atoms with Crippen molar-refractivity contribution in [2.24, 2.45) is 0 Å². The first-order valence-corrected chi connectivity index (χ1v) is 8.26. The third-order valence-corrected chi connectivity index (χ3v) is 4.23. The second kappa shape index (κ2) is 7.73. The van der Waals surface area contributed by atoms with Crippen LogP contribution in [0.15, 0.2) is 11.6 Å². The van der Waals surface area contributed by atoms with Gasteiger partial charge in [0.2, 0.25) is 0 Å². The molecule has 1 saturated heterocycles. The van der Waals surface area contributed by atoms with E-state index in [-0.39, 0.29) is 5.54 Å². The molecule has 2 rings (SSSR count). The van der Waals surface area contributed by atoms with E-state index in [0.717, 1.165) is 39.2 Å². The van der Waals surface area contributed by atoms with Gasteiger partial charge < -0.3 is 14.8 Å². The fourth-order valence-electron chi connectivity index (χ4n) is 3.01. The summed E-state index contributed by atoms with van der Waals surface area (Å²) in [6, 6.07) is 0. The Bertz CT molecular complexity index is 349. The van der Waals surface area contributed by atoms with Crippen molar-refractivity contribution in [1.82, 2.24) is 10.2 Å². The minimum Gasteiger partial charge on any atom is -0.380 e. The van der Waals surface area contributed by atoms with Crippen molar-refractivity contribution in [3.8, 4) is 0 Å². The lowest BCUT2D eigenvalue weighted by Gasteiger charge is -2.29. The topological polar surface area (TPSA) is 33.7 Å². The molecule has 0 radical (unpaired) electrons. The number of hydrogen-bond donors (Lipinski definition) is 1. The lowest BCUT2D eigenvalue weighted by atomic mass is 10.1. The van der Waals surface area contributed by atoms with E-state index in [1.165, 1.54) is 18.4 Å². The van der Waals surface area contributed by atoms with Crippen molar-refractivity contribution in [1.29, 1.82) is 0 Å². The SMILES string of the molecule is COCC1=CCN(CC2CCC(CNC(C)(C)C)O2)CC1. The van der Waals surface area contributed by atoms with Crippen LogP contribution in [0.5, 0.6) is 0 Å². The van der Waals surface area contributed by atoms with Gasteiger partial charge >= 0.3 is 0 Å². The average Bonchev–Trinajstić information content (AvgIpc) is 2.86. The highest BCUT2D eigenvalue weighted by Crippen LogP contribution is 2.22. The van der Waals surface area contributed by atoms with Crippen LogP contribution in [-0.2, 0) is 9.47 Å². The number of nitrogens with zero attached hydrogens (tertiary/aromatic N) is 1. The molecule has 2 heterocycles. The van der Waals surface area contributed by atoms with Crippen LogP contribution < -0.4 is 5.32 Å². The van der Waals surface area contributed by atoms with E-state index < -0.39 is 0 Å². The third kappa shape index (κ3) is 6.07. The molecule has 4 heteroatoms. The molecule has 2 unspecified atom stereocenters. The van der Waals surface area contributed by atoms with Gasteiger partial charge in [-0.25, -0.2) is 0 Å². The lowest BCUT2D eigenvalue weighted by molar-refractivity contribution is 0.0220. The van der Waals surface area contributed by atoms with Gasteiger partial charge in [0, 0.05) is 38.8 Å². The zero-order chi connectivity index (χ0) is 15.3. The molecule has 1 N–H and O–H groups in total. The molecule has 0 aromatic rings. The van der Waals surface area contributed by atoms with E-state index in [4.69, 9.17) is 9.47 Å². The van der Waals surface area contributed by atoms with E-state index in [9.17, 15) is 0 Å². The average molecular weight is 296 g/mol. The highest BCUT2D eigenvalue weighted by molar-refractivity contribution is 5.07. The summed E-state index contributed by atoms with van der Waals surface area (Å²) in [5.41, 5.74) is 1.62. The van der Waals surface area contributed by atoms with Crippen LogP contribution >= 0.6 is 0 Å². The minimum atomic E-state index is 0.177. The molecule has 1 fully saturated rings. The van der Waals surface area contributed by atoms with Gasteiger partial charge in [-0.3, -0.25) is 4.90 Å². The maximum absolute atomic E-state index is 6.18. The molecule has 21 heavy (non-hydrogen) atoms. The van der Waals surface area contributed by atoms with E-state index in [2.05, 4.69) is 37.1 Å². The smallest absolute Gasteiger partial charge is 0.0707 e. The van der Waals surface area contributed by atoms with Gasteiger partial charge in [0.05, 0.1) is 18.8 Å². The molecule has 0 aromatic carbocycles. The Morgan fingerprint density at radius 2 is 2.10 bits per heavy atom. The zero-order valence-electron chi connectivity index (χ0n) is 14.2. The summed E-state index contributed by atoms with van der Waals surface area (Å²) in [6.45, 7) is 11.6. The summed E-state index contributed by atoms with van der Waals surface area (Å²) >= 11 is 0. The Balaban J connectivity index is 1.67. The lowest BCUT2D eigenvalue weighted by Crippen LogP contribution is -2.41. The van der Waals surface area contributed by atoms with Crippen molar-refractivity contribution in [3.63, 3.8) is 0 Å². The Morgan fingerprint density at radius 3 is 2.71 bits per heavy atom. The third-order valence-electron chi connectivity index (χ3n) is 4.23. The van der Waals surface area contributed by atoms with E-state index >= 15 is 0 Å². The molecular formula is C17H32N2O2. The summed E-state index contributed by atoms with van der Waals surface area (Å²) in [6.07, 6.45) is 6.64. The van der Waals surface area contributed by atoms with E-state index in [1.807, 2.05) is 0 Å². The zero-order valence-corrected chi connectivity index (χ0v) is 14.2. The first-order valence-electron chi connectivity index (χ1n) is 8.26. The summed E-state index contributed by atoms with van der Waals surface area (Å²) in [4.78, 5) is 2.50. The maximum atomic E-state index is 6.18. The number of hydrogen-bond acceptors (Lipinski definition) is 4. The molecule has 0 aromatic heterocycles. The maximum Gasteiger partial charge on any atom is 0.0707 e. The fourth-order valence-corrected chi connectivity index (χ4v) is 3.01. The first-order chi connectivity index (χ1) is 9.96. The van der Waals surface area contributed by atoms with Crippen molar-refractivity contribution in [2.75, 3.05) is 39.9 Å². The monoisotopic (exact) mass is 296 g/mol. The standard InChI is InChI=1S/C17H32N2O2/c1-17(2,3)18-11-15-5-6-16(21-15)12-19-9-7-14(8-10-19)13-20-4/h7,15-16,18H,5-6,8-13H2,1-4H3. The number of ether oxygens (including phenoxy) is 2. The van der Waals surface area contributed by atoms with Crippen LogP contribution in [0.1, 0.15) is 40.0 Å². The van der Waals surface area contributed by atoms with Gasteiger partial charge in [-0.1, -0.05) is 6.08 Å². The number of rotatable bonds is 6. The van der Waals surface area contributed by atoms with Gasteiger partial charge in [0.25, 0.3) is 0 Å². The fraction of sp³-hybridized carbons (Fsp3) is 0.882. The number of methoxy groups -OCH3 is 1. The quantitative estimate of drug-likeness (QED) is 0.762. The highest BCUT2D eigenvalue weighted by atomic mass is 16.5. The second-order valence-electron chi connectivity index (χ2n) is 7.39. The van der Waals surface area contributed by atoms with Crippen molar-refractivity contribution in [2.45, 2.75) is 57.8 Å². The van der Waals surface area contributed by atoms with Crippen LogP contribution in [-0.4, -0.2) is 62.5 Å². The Morgan fingerprint density at radius 1 is 1.33 bits per heavy atom. The molecule has 2 atom stereocenters. The first kappa shape index (κ1) is 16.9. The Hall–Kier alpha value is -0.420. The van der Waals surface area contributed by atoms with Gasteiger partial charge in [-0.05, 0) is 45.6 Å². The van der Waals surface area contributed by atoms with Crippen LogP contribution in [0.2, 0.25) is 0 Å². The molecular weight excluding hydrogens is 264 g/mol. The van der Waals surface area contributed by atoms with Crippen LogP contribution in [0.3, 0.4) is 0 Å². The summed E-state index contributed by atoms with van der Waals surface area (Å²) < 4.78 is 11.4. The van der Waals surface area contributed by atoms with Crippen molar-refractivity contribution >= 4 is 0 Å². The van der Waals surface area contributed by atoms with Crippen LogP contribution in [0.4, 0.5) is 0 Å². The molecule has 2 aliphatic heterocycles. The van der Waals surface area contributed by atoms with E-state index in [0.29, 0.717) is 12.2 Å². The van der Waals surface area contributed by atoms with Gasteiger partial charge in [0.1, 0.15) is 0 Å². The minimum absolute atomic E-state index is 0.177. The molecule has 0 amide bonds. The molecule has 2 aliphatic rings. The molecule has 4 nitrogen and oxygen atoms in total. The van der Waals surface area contributed by atoms with Gasteiger partial charge in [0.15, 0.2) is 0 Å². The number of nitrogens with one attached hydrogen (secondary N) is 1. The van der Waals surface area contributed by atoms with Gasteiger partial charge in [-0.15, -0.1) is 0 Å². The molecule has 0 saturated carbocycles. The molecule has 0 aliphatic carbocycles. The Kier molecular flexibility index (Phi) is 6.23. The predicted molar refractivity (Wildman–Crippen MR) is 86.7 cm³/mol. The summed E-state index contributed by atoms with van der Waals surface area (Å²) in [5.74, 6) is 0. The highest BCUT2D eigenvalue weighted by Gasteiger charge is 2.28. The largest absolute Gasteiger partial charge is 0.380 e. The summed E-state index contributed by atoms with van der Waals surface area (Å²) in [7, 11) is 1.77.